The van der Waals surface area contributed by atoms with Crippen LogP contribution in [0.2, 0.25) is 0 Å². The predicted octanol–water partition coefficient (Wildman–Crippen LogP) is 17.4. The average Bonchev–Trinajstić information content (AvgIpc) is 3.53. The first-order chi connectivity index (χ1) is 39.7. The Morgan fingerprint density at radius 2 is 0.815 bits per heavy atom. The molecule has 476 valence electrons. The van der Waals surface area contributed by atoms with Crippen molar-refractivity contribution in [2.45, 2.75) is 384 Å². The van der Waals surface area contributed by atoms with Crippen molar-refractivity contribution in [3.05, 3.63) is 36.5 Å². The van der Waals surface area contributed by atoms with Crippen molar-refractivity contribution in [2.24, 2.45) is 0 Å². The molecule has 0 aromatic rings. The van der Waals surface area contributed by atoms with Crippen LogP contribution in [0.4, 0.5) is 0 Å². The van der Waals surface area contributed by atoms with E-state index in [4.69, 9.17) is 14.2 Å². The number of allylic oxidation sites excluding steroid dienone is 5. The highest BCUT2D eigenvalue weighted by Gasteiger charge is 2.47. The standard InChI is InChI=1S/C70H131NO10/c1-4-7-10-13-16-19-22-25-27-29-31-32-33-35-37-40-43-46-49-52-55-58-65(75)81-68-67(77)66(76)64(59-72)80-70(68)79-60-61(62(73)56-53-50-47-44-41-38-24-21-18-15-12-9-6-3)71-69(78)63(74)57-54-51-48-45-42-39-36-34-30-28-26-23-20-17-14-11-8-5-2/h25-28,53,56,61-64,66-68,70,72-74,76-77H,4-24,29-52,54-55,57-60H2,1-3H3,(H,71,78)/b27-25+,28-26+,56-53+. The Morgan fingerprint density at radius 1 is 0.469 bits per heavy atom. The van der Waals surface area contributed by atoms with Crippen molar-refractivity contribution >= 4 is 11.9 Å². The maximum Gasteiger partial charge on any atom is 0.306 e. The number of ether oxygens (including phenoxy) is 3. The highest BCUT2D eigenvalue weighted by Crippen LogP contribution is 2.26. The molecule has 1 rings (SSSR count). The van der Waals surface area contributed by atoms with Crippen molar-refractivity contribution in [1.82, 2.24) is 5.32 Å². The average molecular weight is 1150 g/mol. The van der Waals surface area contributed by atoms with E-state index in [0.29, 0.717) is 19.3 Å². The molecule has 11 nitrogen and oxygen atoms in total. The van der Waals surface area contributed by atoms with Crippen molar-refractivity contribution in [3.8, 4) is 0 Å². The summed E-state index contributed by atoms with van der Waals surface area (Å²) in [7, 11) is 0. The Morgan fingerprint density at radius 3 is 1.20 bits per heavy atom. The van der Waals surface area contributed by atoms with Crippen LogP contribution in [-0.2, 0) is 23.8 Å². The van der Waals surface area contributed by atoms with Gasteiger partial charge in [0.2, 0.25) is 5.91 Å². The molecule has 0 saturated carbocycles. The molecule has 1 saturated heterocycles. The lowest BCUT2D eigenvalue weighted by molar-refractivity contribution is -0.305. The maximum atomic E-state index is 13.5. The van der Waals surface area contributed by atoms with Crippen LogP contribution in [-0.4, -0.2) is 99.6 Å². The number of amides is 1. The minimum absolute atomic E-state index is 0.125. The van der Waals surface area contributed by atoms with Gasteiger partial charge in [-0.1, -0.05) is 288 Å². The largest absolute Gasteiger partial charge is 0.454 e. The number of aliphatic hydroxyl groups excluding tert-OH is 5. The fourth-order valence-electron chi connectivity index (χ4n) is 11.0. The van der Waals surface area contributed by atoms with Crippen LogP contribution >= 0.6 is 0 Å². The predicted molar refractivity (Wildman–Crippen MR) is 338 cm³/mol. The molecule has 1 heterocycles. The van der Waals surface area contributed by atoms with Crippen LogP contribution in [0.3, 0.4) is 0 Å². The molecule has 81 heavy (non-hydrogen) atoms. The summed E-state index contributed by atoms with van der Waals surface area (Å²) >= 11 is 0. The molecule has 0 radical (unpaired) electrons. The molecule has 0 bridgehead atoms. The third kappa shape index (κ3) is 45.9. The lowest BCUT2D eigenvalue weighted by atomic mass is 9.99. The van der Waals surface area contributed by atoms with Gasteiger partial charge in [0.05, 0.1) is 25.4 Å². The Bertz CT molecular complexity index is 1460. The minimum atomic E-state index is -1.61. The first-order valence-corrected chi connectivity index (χ1v) is 34.8. The van der Waals surface area contributed by atoms with E-state index in [-0.39, 0.29) is 13.0 Å². The number of rotatable bonds is 60. The Kier molecular flexibility index (Phi) is 55.3. The molecule has 0 aliphatic carbocycles. The molecule has 1 amide bonds. The van der Waals surface area contributed by atoms with Gasteiger partial charge in [-0.2, -0.15) is 0 Å². The molecule has 1 aliphatic heterocycles. The summed E-state index contributed by atoms with van der Waals surface area (Å²) in [6, 6.07) is -1.02. The second-order valence-corrected chi connectivity index (χ2v) is 24.3. The molecular weight excluding hydrogens is 1010 g/mol. The molecule has 0 aromatic carbocycles. The van der Waals surface area contributed by atoms with Gasteiger partial charge >= 0.3 is 5.97 Å². The van der Waals surface area contributed by atoms with E-state index in [1.54, 1.807) is 6.08 Å². The second-order valence-electron chi connectivity index (χ2n) is 24.3. The topological polar surface area (TPSA) is 175 Å². The number of hydrogen-bond acceptors (Lipinski definition) is 10. The highest BCUT2D eigenvalue weighted by atomic mass is 16.7. The van der Waals surface area contributed by atoms with Gasteiger partial charge in [0, 0.05) is 6.42 Å². The van der Waals surface area contributed by atoms with Gasteiger partial charge in [-0.3, -0.25) is 9.59 Å². The maximum absolute atomic E-state index is 13.5. The fraction of sp³-hybridized carbons (Fsp3) is 0.886. The summed E-state index contributed by atoms with van der Waals surface area (Å²) in [4.78, 5) is 26.7. The Labute approximate surface area is 498 Å². The molecule has 8 atom stereocenters. The van der Waals surface area contributed by atoms with Crippen molar-refractivity contribution in [2.75, 3.05) is 13.2 Å². The number of unbranched alkanes of at least 4 members (excludes halogenated alkanes) is 42. The second kappa shape index (κ2) is 58.3. The quantitative estimate of drug-likeness (QED) is 0.0195. The zero-order valence-electron chi connectivity index (χ0n) is 52.9. The number of nitrogens with one attached hydrogen (secondary N) is 1. The first-order valence-electron chi connectivity index (χ1n) is 34.8. The normalized spacial score (nSPS) is 18.8. The fourth-order valence-corrected chi connectivity index (χ4v) is 11.0. The van der Waals surface area contributed by atoms with E-state index >= 15 is 0 Å². The molecule has 1 aliphatic rings. The van der Waals surface area contributed by atoms with Crippen LogP contribution in [0, 0.1) is 0 Å². The number of carbonyl (C=O) groups is 2. The van der Waals surface area contributed by atoms with Gasteiger partial charge in [-0.05, 0) is 77.0 Å². The van der Waals surface area contributed by atoms with Crippen LogP contribution in [0.15, 0.2) is 36.5 Å². The van der Waals surface area contributed by atoms with Gasteiger partial charge in [0.1, 0.15) is 24.4 Å². The van der Waals surface area contributed by atoms with Gasteiger partial charge in [0.25, 0.3) is 0 Å². The number of carbonyl (C=O) groups excluding carboxylic acids is 2. The van der Waals surface area contributed by atoms with Crippen molar-refractivity contribution in [3.63, 3.8) is 0 Å². The molecule has 1 fully saturated rings. The summed E-state index contributed by atoms with van der Waals surface area (Å²) in [5.41, 5.74) is 0. The third-order valence-electron chi connectivity index (χ3n) is 16.5. The van der Waals surface area contributed by atoms with E-state index in [0.717, 1.165) is 64.2 Å². The lowest BCUT2D eigenvalue weighted by Gasteiger charge is -2.41. The van der Waals surface area contributed by atoms with Crippen molar-refractivity contribution in [1.29, 1.82) is 0 Å². The molecule has 0 aromatic heterocycles. The molecule has 8 unspecified atom stereocenters. The highest BCUT2D eigenvalue weighted by molar-refractivity contribution is 5.80. The third-order valence-corrected chi connectivity index (χ3v) is 16.5. The monoisotopic (exact) mass is 1150 g/mol. The minimum Gasteiger partial charge on any atom is -0.454 e. The lowest BCUT2D eigenvalue weighted by Crippen LogP contribution is -2.61. The van der Waals surface area contributed by atoms with Crippen LogP contribution < -0.4 is 5.32 Å². The number of aliphatic hydroxyl groups is 5. The smallest absolute Gasteiger partial charge is 0.306 e. The van der Waals surface area contributed by atoms with E-state index in [1.807, 2.05) is 6.08 Å². The van der Waals surface area contributed by atoms with Crippen LogP contribution in [0.5, 0.6) is 0 Å². The van der Waals surface area contributed by atoms with Gasteiger partial charge < -0.3 is 45.1 Å². The van der Waals surface area contributed by atoms with E-state index in [1.165, 1.54) is 225 Å². The van der Waals surface area contributed by atoms with E-state index < -0.39 is 67.4 Å². The zero-order chi connectivity index (χ0) is 58.9. The molecule has 6 N–H and O–H groups in total. The Balaban J connectivity index is 2.61. The summed E-state index contributed by atoms with van der Waals surface area (Å²) < 4.78 is 17.7. The summed E-state index contributed by atoms with van der Waals surface area (Å²) in [6.45, 7) is 5.83. The summed E-state index contributed by atoms with van der Waals surface area (Å²) in [5.74, 6) is -1.18. The van der Waals surface area contributed by atoms with E-state index in [2.05, 4.69) is 50.4 Å². The van der Waals surface area contributed by atoms with E-state index in [9.17, 15) is 35.1 Å². The first kappa shape index (κ1) is 76.9. The number of esters is 1. The van der Waals surface area contributed by atoms with Gasteiger partial charge in [-0.15, -0.1) is 0 Å². The van der Waals surface area contributed by atoms with Crippen molar-refractivity contribution < 1.29 is 49.3 Å². The van der Waals surface area contributed by atoms with Crippen LogP contribution in [0.1, 0.15) is 335 Å². The molecular formula is C70H131NO10. The molecule has 0 spiro atoms. The molecule has 11 heteroatoms. The zero-order valence-corrected chi connectivity index (χ0v) is 52.9. The number of hydrogen-bond donors (Lipinski definition) is 6. The van der Waals surface area contributed by atoms with Gasteiger partial charge in [-0.25, -0.2) is 0 Å². The van der Waals surface area contributed by atoms with Crippen LogP contribution in [0.25, 0.3) is 0 Å². The summed E-state index contributed by atoms with van der Waals surface area (Å²) in [5, 5.41) is 57.2. The SMILES string of the molecule is CCCCCCCC/C=C/CCCCCCCCCCCCCC(=O)OC1C(OCC(NC(=O)C(O)CCCCCCCCCC/C=C/CCCCCCCC)C(O)/C=C/CCCCCCCCCCCCC)OC(CO)C(O)C1O. The summed E-state index contributed by atoms with van der Waals surface area (Å²) in [6.07, 6.45) is 60.3. The van der Waals surface area contributed by atoms with Gasteiger partial charge in [0.15, 0.2) is 12.4 Å². The Hall–Kier alpha value is -2.12.